The van der Waals surface area contributed by atoms with Gasteiger partial charge in [-0.2, -0.15) is 0 Å². The molecule has 0 aliphatic heterocycles. The standard InChI is InChI=1S/C26H18/c1-15-23-19-9-5-3-7-17(19)11-13-21(23)26-16(2)24-20-10-6-4-8-18(20)12-14-22(24)25(15)26/h3-14H,1-2H3. The van der Waals surface area contributed by atoms with Crippen LogP contribution in [0.15, 0.2) is 72.8 Å². The fourth-order valence-electron chi connectivity index (χ4n) is 5.07. The first-order chi connectivity index (χ1) is 12.8. The Morgan fingerprint density at radius 3 is 1.35 bits per heavy atom. The van der Waals surface area contributed by atoms with Gasteiger partial charge in [0.1, 0.15) is 0 Å². The summed E-state index contributed by atoms with van der Waals surface area (Å²) in [4.78, 5) is 0. The minimum absolute atomic E-state index is 1.32. The first-order valence-corrected chi connectivity index (χ1v) is 9.23. The molecule has 0 heterocycles. The van der Waals surface area contributed by atoms with Gasteiger partial charge in [-0.1, -0.05) is 72.8 Å². The van der Waals surface area contributed by atoms with Crippen LogP contribution in [0.5, 0.6) is 0 Å². The van der Waals surface area contributed by atoms with E-state index in [4.69, 9.17) is 0 Å². The smallest absolute Gasteiger partial charge is 0.00603 e. The second kappa shape index (κ2) is 4.74. The highest BCUT2D eigenvalue weighted by Crippen LogP contribution is 2.32. The van der Waals surface area contributed by atoms with Gasteiger partial charge in [-0.05, 0) is 78.6 Å². The van der Waals surface area contributed by atoms with Crippen molar-refractivity contribution in [2.45, 2.75) is 13.8 Å². The van der Waals surface area contributed by atoms with E-state index >= 15 is 0 Å². The van der Waals surface area contributed by atoms with Gasteiger partial charge in [-0.15, -0.1) is 0 Å². The maximum Gasteiger partial charge on any atom is -0.00603 e. The molecule has 2 aliphatic carbocycles. The third kappa shape index (κ3) is 1.55. The second-order valence-corrected chi connectivity index (χ2v) is 7.42. The Labute approximate surface area is 151 Å². The summed E-state index contributed by atoms with van der Waals surface area (Å²) < 4.78 is 0. The van der Waals surface area contributed by atoms with Gasteiger partial charge in [0.2, 0.25) is 0 Å². The highest BCUT2D eigenvalue weighted by molar-refractivity contribution is 6.27. The van der Waals surface area contributed by atoms with Gasteiger partial charge in [0, 0.05) is 0 Å². The maximum atomic E-state index is 2.32. The van der Waals surface area contributed by atoms with Gasteiger partial charge in [0.05, 0.1) is 0 Å². The van der Waals surface area contributed by atoms with E-state index in [0.717, 1.165) is 0 Å². The van der Waals surface area contributed by atoms with Crippen molar-refractivity contribution in [3.05, 3.63) is 93.7 Å². The number of hydrogen-bond acceptors (Lipinski definition) is 0. The molecule has 0 saturated carbocycles. The normalized spacial score (nSPS) is 15.0. The molecule has 0 bridgehead atoms. The highest BCUT2D eigenvalue weighted by atomic mass is 14.3. The zero-order valence-corrected chi connectivity index (χ0v) is 14.9. The molecule has 0 heteroatoms. The third-order valence-electron chi connectivity index (χ3n) is 6.15. The minimum atomic E-state index is 1.32. The molecule has 0 nitrogen and oxygen atoms in total. The Balaban J connectivity index is 1.93. The average Bonchev–Trinajstić information content (AvgIpc) is 3.15. The molecular weight excluding hydrogens is 312 g/mol. The van der Waals surface area contributed by atoms with E-state index in [1.54, 1.807) is 0 Å². The van der Waals surface area contributed by atoms with Crippen molar-refractivity contribution in [3.8, 4) is 0 Å². The summed E-state index contributed by atoms with van der Waals surface area (Å²) in [6.45, 7) is 4.59. The van der Waals surface area contributed by atoms with Gasteiger partial charge >= 0.3 is 0 Å². The fourth-order valence-corrected chi connectivity index (χ4v) is 5.07. The van der Waals surface area contributed by atoms with Crippen molar-refractivity contribution in [1.29, 1.82) is 0 Å². The van der Waals surface area contributed by atoms with Crippen molar-refractivity contribution in [1.82, 2.24) is 0 Å². The predicted octanol–water partition coefficient (Wildman–Crippen LogP) is 3.36. The van der Waals surface area contributed by atoms with Crippen LogP contribution < -0.4 is 20.9 Å². The van der Waals surface area contributed by atoms with Crippen LogP contribution in [0.4, 0.5) is 0 Å². The van der Waals surface area contributed by atoms with Gasteiger partial charge in [0.25, 0.3) is 0 Å². The third-order valence-corrected chi connectivity index (χ3v) is 6.15. The molecule has 0 atom stereocenters. The lowest BCUT2D eigenvalue weighted by atomic mass is 10.0. The second-order valence-electron chi connectivity index (χ2n) is 7.42. The number of benzene rings is 4. The first kappa shape index (κ1) is 14.1. The molecule has 2 aliphatic rings. The molecule has 0 amide bonds. The van der Waals surface area contributed by atoms with Crippen molar-refractivity contribution >= 4 is 43.8 Å². The molecule has 0 spiro atoms. The Kier molecular flexibility index (Phi) is 2.57. The van der Waals surface area contributed by atoms with Gasteiger partial charge in [-0.3, -0.25) is 0 Å². The monoisotopic (exact) mass is 330 g/mol. The molecule has 0 aromatic heterocycles. The molecule has 26 heavy (non-hydrogen) atoms. The van der Waals surface area contributed by atoms with Crippen LogP contribution in [0.25, 0.3) is 43.8 Å². The predicted molar refractivity (Wildman–Crippen MR) is 111 cm³/mol. The van der Waals surface area contributed by atoms with E-state index in [9.17, 15) is 0 Å². The van der Waals surface area contributed by atoms with E-state index in [2.05, 4.69) is 86.6 Å². The summed E-state index contributed by atoms with van der Waals surface area (Å²) in [5.41, 5.74) is 5.71. The molecule has 0 saturated heterocycles. The van der Waals surface area contributed by atoms with E-state index in [1.807, 2.05) is 0 Å². The number of hydrogen-bond donors (Lipinski definition) is 0. The Morgan fingerprint density at radius 1 is 0.462 bits per heavy atom. The van der Waals surface area contributed by atoms with Crippen molar-refractivity contribution < 1.29 is 0 Å². The Bertz CT molecular complexity index is 1410. The molecule has 0 N–H and O–H groups in total. The molecule has 4 aromatic rings. The summed E-state index contributed by atoms with van der Waals surface area (Å²) in [5.74, 6) is 0. The SMILES string of the molecule is CC1=c2c(ccc3ccccc23)=C2C1=c1ccc3ccccc3c1=C2C. The summed E-state index contributed by atoms with van der Waals surface area (Å²) >= 11 is 0. The summed E-state index contributed by atoms with van der Waals surface area (Å²) in [5, 5.41) is 11.0. The van der Waals surface area contributed by atoms with Crippen LogP contribution in [0, 0.1) is 0 Å². The Morgan fingerprint density at radius 2 is 0.885 bits per heavy atom. The van der Waals surface area contributed by atoms with E-state index in [0.29, 0.717) is 0 Å². The van der Waals surface area contributed by atoms with E-state index in [-0.39, 0.29) is 0 Å². The quantitative estimate of drug-likeness (QED) is 0.464. The molecule has 6 rings (SSSR count). The van der Waals surface area contributed by atoms with E-state index < -0.39 is 0 Å². The first-order valence-electron chi connectivity index (χ1n) is 9.23. The number of rotatable bonds is 0. The van der Waals surface area contributed by atoms with Crippen LogP contribution in [0.3, 0.4) is 0 Å². The van der Waals surface area contributed by atoms with Crippen LogP contribution in [0.1, 0.15) is 13.8 Å². The molecule has 0 fully saturated rings. The summed E-state index contributed by atoms with van der Waals surface area (Å²) in [7, 11) is 0. The highest BCUT2D eigenvalue weighted by Gasteiger charge is 2.25. The summed E-state index contributed by atoms with van der Waals surface area (Å²) in [6, 6.07) is 26.7. The molecule has 122 valence electrons. The zero-order chi connectivity index (χ0) is 17.4. The van der Waals surface area contributed by atoms with Crippen molar-refractivity contribution in [3.63, 3.8) is 0 Å². The molecule has 0 unspecified atom stereocenters. The number of fused-ring (bicyclic) bond motifs is 7. The van der Waals surface area contributed by atoms with Gasteiger partial charge < -0.3 is 0 Å². The van der Waals surface area contributed by atoms with Crippen molar-refractivity contribution in [2.75, 3.05) is 0 Å². The largest absolute Gasteiger partial charge is 0.0616 e. The molecule has 0 radical (unpaired) electrons. The average molecular weight is 330 g/mol. The van der Waals surface area contributed by atoms with E-state index in [1.165, 1.54) is 64.7 Å². The lowest BCUT2D eigenvalue weighted by Gasteiger charge is -2.02. The zero-order valence-electron chi connectivity index (χ0n) is 14.9. The molecule has 4 aromatic carbocycles. The summed E-state index contributed by atoms with van der Waals surface area (Å²) in [6.07, 6.45) is 0. The van der Waals surface area contributed by atoms with Crippen LogP contribution in [-0.2, 0) is 0 Å². The van der Waals surface area contributed by atoms with Gasteiger partial charge in [0.15, 0.2) is 0 Å². The van der Waals surface area contributed by atoms with Gasteiger partial charge in [-0.25, -0.2) is 0 Å². The molecular formula is C26H18. The van der Waals surface area contributed by atoms with Crippen LogP contribution in [0.2, 0.25) is 0 Å². The van der Waals surface area contributed by atoms with Crippen molar-refractivity contribution in [2.24, 2.45) is 0 Å². The topological polar surface area (TPSA) is 0 Å². The van der Waals surface area contributed by atoms with Crippen LogP contribution in [-0.4, -0.2) is 0 Å². The Hall–Kier alpha value is -3.12. The lowest BCUT2D eigenvalue weighted by Crippen LogP contribution is -2.28. The maximum absolute atomic E-state index is 2.32. The lowest BCUT2D eigenvalue weighted by molar-refractivity contribution is 1.53. The fraction of sp³-hybridized carbons (Fsp3) is 0.0769. The van der Waals surface area contributed by atoms with Crippen LogP contribution >= 0.6 is 0 Å². The minimum Gasteiger partial charge on any atom is -0.0616 e.